The number of H-pyrrole nitrogens is 2. The molecule has 8 nitrogen and oxygen atoms in total. The molecule has 4 aromatic rings. The zero-order valence-corrected chi connectivity index (χ0v) is 15.6. The van der Waals surface area contributed by atoms with Crippen molar-refractivity contribution < 1.29 is 9.59 Å². The Balaban J connectivity index is 1.55. The third kappa shape index (κ3) is 3.55. The number of nitrogens with one attached hydrogen (secondary N) is 4. The normalized spacial score (nSPS) is 10.8. The molecule has 0 bridgehead atoms. The smallest absolute Gasteiger partial charge is 0.276 e. The van der Waals surface area contributed by atoms with Crippen LogP contribution in [0.2, 0.25) is 10.0 Å². The fourth-order valence-corrected chi connectivity index (χ4v) is 2.93. The van der Waals surface area contributed by atoms with Crippen molar-refractivity contribution in [2.45, 2.75) is 0 Å². The molecule has 140 valence electrons. The molecular formula is C18H12Cl2N6O2. The number of nitrogens with zero attached hydrogens (tertiary/aromatic N) is 2. The van der Waals surface area contributed by atoms with E-state index < -0.39 is 11.8 Å². The van der Waals surface area contributed by atoms with Crippen molar-refractivity contribution in [3.8, 4) is 0 Å². The fraction of sp³-hybridized carbons (Fsp3) is 0. The van der Waals surface area contributed by atoms with Gasteiger partial charge in [0, 0.05) is 5.02 Å². The molecule has 2 aromatic heterocycles. The Kier molecular flexibility index (Phi) is 4.72. The minimum absolute atomic E-state index is 0.0175. The summed E-state index contributed by atoms with van der Waals surface area (Å²) >= 11 is 12.0. The molecule has 0 unspecified atom stereocenters. The lowest BCUT2D eigenvalue weighted by atomic mass is 10.2. The number of fused-ring (bicyclic) bond motifs is 1. The van der Waals surface area contributed by atoms with E-state index in [1.54, 1.807) is 12.1 Å². The summed E-state index contributed by atoms with van der Waals surface area (Å²) in [5.41, 5.74) is 1.68. The van der Waals surface area contributed by atoms with Crippen LogP contribution in [0.4, 0.5) is 11.6 Å². The lowest BCUT2D eigenvalue weighted by molar-refractivity contribution is 0.0985. The van der Waals surface area contributed by atoms with Gasteiger partial charge in [-0.15, -0.1) is 0 Å². The lowest BCUT2D eigenvalue weighted by Crippen LogP contribution is -2.21. The highest BCUT2D eigenvalue weighted by atomic mass is 35.5. The molecular weight excluding hydrogens is 403 g/mol. The van der Waals surface area contributed by atoms with Gasteiger partial charge in [-0.3, -0.25) is 14.9 Å². The quantitative estimate of drug-likeness (QED) is 0.402. The maximum Gasteiger partial charge on any atom is 0.276 e. The molecule has 4 N–H and O–H groups in total. The van der Waals surface area contributed by atoms with Crippen molar-refractivity contribution in [1.29, 1.82) is 0 Å². The van der Waals surface area contributed by atoms with E-state index >= 15 is 0 Å². The highest BCUT2D eigenvalue weighted by molar-refractivity contribution is 6.36. The van der Waals surface area contributed by atoms with E-state index in [4.69, 9.17) is 23.2 Å². The Morgan fingerprint density at radius 1 is 1.00 bits per heavy atom. The molecule has 10 heteroatoms. The average molecular weight is 415 g/mol. The number of imidazole rings is 2. The topological polar surface area (TPSA) is 116 Å². The first-order valence-corrected chi connectivity index (χ1v) is 8.83. The van der Waals surface area contributed by atoms with Crippen LogP contribution in [0.15, 0.2) is 48.8 Å². The molecule has 0 saturated carbocycles. The molecule has 2 heterocycles. The van der Waals surface area contributed by atoms with E-state index in [0.29, 0.717) is 21.2 Å². The summed E-state index contributed by atoms with van der Waals surface area (Å²) in [6.07, 6.45) is 1.25. The Hall–Kier alpha value is -3.36. The van der Waals surface area contributed by atoms with Gasteiger partial charge in [0.15, 0.2) is 5.69 Å². The van der Waals surface area contributed by atoms with Crippen LogP contribution in [0, 0.1) is 0 Å². The van der Waals surface area contributed by atoms with E-state index in [1.165, 1.54) is 12.4 Å². The number of amides is 2. The van der Waals surface area contributed by atoms with E-state index in [0.717, 1.165) is 5.52 Å². The second-order valence-electron chi connectivity index (χ2n) is 5.76. The molecule has 0 aliphatic heterocycles. The molecule has 0 atom stereocenters. The number of aromatic amines is 2. The largest absolute Gasteiger partial charge is 0.340 e. The van der Waals surface area contributed by atoms with Crippen molar-refractivity contribution in [3.05, 3.63) is 70.2 Å². The molecule has 2 amide bonds. The van der Waals surface area contributed by atoms with Crippen LogP contribution >= 0.6 is 23.2 Å². The number of halogens is 2. The minimum Gasteiger partial charge on any atom is -0.340 e. The summed E-state index contributed by atoms with van der Waals surface area (Å²) in [7, 11) is 0. The van der Waals surface area contributed by atoms with Gasteiger partial charge in [0.05, 0.1) is 28.1 Å². The van der Waals surface area contributed by atoms with Crippen LogP contribution in [0.3, 0.4) is 0 Å². The third-order valence-electron chi connectivity index (χ3n) is 3.88. The second kappa shape index (κ2) is 7.34. The van der Waals surface area contributed by atoms with Gasteiger partial charge in [0.1, 0.15) is 5.69 Å². The maximum absolute atomic E-state index is 12.6. The number of benzene rings is 2. The van der Waals surface area contributed by atoms with Gasteiger partial charge < -0.3 is 15.3 Å². The van der Waals surface area contributed by atoms with E-state index in [9.17, 15) is 9.59 Å². The highest BCUT2D eigenvalue weighted by Crippen LogP contribution is 2.26. The lowest BCUT2D eigenvalue weighted by Gasteiger charge is -2.07. The van der Waals surface area contributed by atoms with Gasteiger partial charge in [-0.2, -0.15) is 0 Å². The number of rotatable bonds is 4. The summed E-state index contributed by atoms with van der Waals surface area (Å²) in [5, 5.41) is 5.92. The predicted molar refractivity (Wildman–Crippen MR) is 107 cm³/mol. The predicted octanol–water partition coefficient (Wildman–Crippen LogP) is 4.10. The minimum atomic E-state index is -0.611. The van der Waals surface area contributed by atoms with Gasteiger partial charge in [-0.25, -0.2) is 9.97 Å². The summed E-state index contributed by atoms with van der Waals surface area (Å²) in [6.45, 7) is 0. The number of carbonyl (C=O) groups is 2. The van der Waals surface area contributed by atoms with Crippen LogP contribution in [0.25, 0.3) is 11.0 Å². The van der Waals surface area contributed by atoms with Gasteiger partial charge in [0.2, 0.25) is 5.95 Å². The number of hydrogen-bond acceptors (Lipinski definition) is 4. The highest BCUT2D eigenvalue weighted by Gasteiger charge is 2.22. The summed E-state index contributed by atoms with van der Waals surface area (Å²) < 4.78 is 0. The van der Waals surface area contributed by atoms with E-state index in [-0.39, 0.29) is 17.3 Å². The standard InChI is InChI=1S/C18H12Cl2N6O2/c19-9-5-6-10(20)13(7-9)23-16(27)14-15(22-8-21-14)17(28)26-18-24-11-3-1-2-4-12(11)25-18/h1-8H,(H,21,22)(H,23,27)(H2,24,25,26,28). The van der Waals surface area contributed by atoms with Crippen LogP contribution in [0.5, 0.6) is 0 Å². The molecule has 0 radical (unpaired) electrons. The van der Waals surface area contributed by atoms with Crippen molar-refractivity contribution >= 4 is 57.7 Å². The zero-order chi connectivity index (χ0) is 19.7. The van der Waals surface area contributed by atoms with Gasteiger partial charge in [0.25, 0.3) is 11.8 Å². The summed E-state index contributed by atoms with van der Waals surface area (Å²) in [5.74, 6) is -0.927. The van der Waals surface area contributed by atoms with Gasteiger partial charge >= 0.3 is 0 Å². The number of hydrogen-bond donors (Lipinski definition) is 4. The molecule has 0 spiro atoms. The van der Waals surface area contributed by atoms with Crippen molar-refractivity contribution in [1.82, 2.24) is 19.9 Å². The average Bonchev–Trinajstić information content (AvgIpc) is 3.31. The zero-order valence-electron chi connectivity index (χ0n) is 14.1. The first-order valence-electron chi connectivity index (χ1n) is 8.07. The Labute approximate surface area is 168 Å². The monoisotopic (exact) mass is 414 g/mol. The first kappa shape index (κ1) is 18.0. The summed E-state index contributed by atoms with van der Waals surface area (Å²) in [6, 6.07) is 12.0. The summed E-state index contributed by atoms with van der Waals surface area (Å²) in [4.78, 5) is 39.0. The fourth-order valence-electron chi connectivity index (χ4n) is 2.60. The molecule has 0 aliphatic carbocycles. The molecule has 28 heavy (non-hydrogen) atoms. The molecule has 4 rings (SSSR count). The van der Waals surface area contributed by atoms with Crippen molar-refractivity contribution in [2.24, 2.45) is 0 Å². The van der Waals surface area contributed by atoms with Gasteiger partial charge in [-0.1, -0.05) is 35.3 Å². The number of carbonyl (C=O) groups excluding carboxylic acids is 2. The number of aromatic nitrogens is 4. The van der Waals surface area contributed by atoms with Gasteiger partial charge in [-0.05, 0) is 30.3 Å². The van der Waals surface area contributed by atoms with E-state index in [1.807, 2.05) is 24.3 Å². The molecule has 2 aromatic carbocycles. The maximum atomic E-state index is 12.6. The Morgan fingerprint density at radius 3 is 2.64 bits per heavy atom. The van der Waals surface area contributed by atoms with Crippen molar-refractivity contribution in [2.75, 3.05) is 10.6 Å². The first-order chi connectivity index (χ1) is 13.5. The number of para-hydroxylation sites is 2. The molecule has 0 fully saturated rings. The van der Waals surface area contributed by atoms with E-state index in [2.05, 4.69) is 30.6 Å². The Bertz CT molecular complexity index is 1170. The van der Waals surface area contributed by atoms with Crippen LogP contribution in [-0.4, -0.2) is 31.8 Å². The number of anilines is 2. The van der Waals surface area contributed by atoms with Crippen LogP contribution in [-0.2, 0) is 0 Å². The van der Waals surface area contributed by atoms with Crippen molar-refractivity contribution in [3.63, 3.8) is 0 Å². The molecule has 0 saturated heterocycles. The van der Waals surface area contributed by atoms with Crippen LogP contribution in [0.1, 0.15) is 21.0 Å². The Morgan fingerprint density at radius 2 is 1.82 bits per heavy atom. The van der Waals surface area contributed by atoms with Crippen LogP contribution < -0.4 is 10.6 Å². The second-order valence-corrected chi connectivity index (χ2v) is 6.60. The third-order valence-corrected chi connectivity index (χ3v) is 4.44. The SMILES string of the molecule is O=C(Nc1cc(Cl)ccc1Cl)c1nc[nH]c1C(=O)Nc1nc2ccccc2[nH]1. The molecule has 0 aliphatic rings.